The van der Waals surface area contributed by atoms with Gasteiger partial charge in [0.1, 0.15) is 0 Å². The van der Waals surface area contributed by atoms with Crippen LogP contribution in [-0.4, -0.2) is 43.5 Å². The number of para-hydroxylation sites is 1. The molecule has 1 aliphatic rings. The Bertz CT molecular complexity index is 959. The molecule has 4 rings (SSSR count). The van der Waals surface area contributed by atoms with Crippen molar-refractivity contribution in [1.29, 1.82) is 0 Å². The van der Waals surface area contributed by atoms with Gasteiger partial charge in [0.2, 0.25) is 0 Å². The van der Waals surface area contributed by atoms with E-state index in [1.54, 1.807) is 0 Å². The minimum absolute atomic E-state index is 0.246. The molecular weight excluding hydrogens is 380 g/mol. The van der Waals surface area contributed by atoms with Crippen molar-refractivity contribution in [3.63, 3.8) is 0 Å². The van der Waals surface area contributed by atoms with Crippen LogP contribution >= 0.6 is 0 Å². The predicted octanol–water partition coefficient (Wildman–Crippen LogP) is 4.46. The molecule has 0 bridgehead atoms. The molecule has 1 atom stereocenters. The number of rotatable bonds is 7. The van der Waals surface area contributed by atoms with E-state index in [2.05, 4.69) is 102 Å². The van der Waals surface area contributed by atoms with Gasteiger partial charge in [-0.25, -0.2) is 0 Å². The molecule has 160 valence electrons. The molecule has 1 unspecified atom stereocenters. The van der Waals surface area contributed by atoms with Crippen LogP contribution in [0, 0.1) is 6.92 Å². The SMILES string of the molecule is Cc1ccc(CC(N)=NCC(c2ccccc2)N2CCN(c3ccccc3)CC2)cc1. The zero-order valence-electron chi connectivity index (χ0n) is 18.3. The minimum Gasteiger partial charge on any atom is -0.387 e. The number of anilines is 1. The monoisotopic (exact) mass is 412 g/mol. The van der Waals surface area contributed by atoms with Crippen molar-refractivity contribution < 1.29 is 0 Å². The van der Waals surface area contributed by atoms with E-state index in [0.717, 1.165) is 26.2 Å². The molecule has 0 amide bonds. The Hall–Kier alpha value is -3.11. The number of aliphatic imine (C=N–C) groups is 1. The lowest BCUT2D eigenvalue weighted by Gasteiger charge is -2.40. The maximum absolute atomic E-state index is 6.32. The number of hydrogen-bond donors (Lipinski definition) is 1. The van der Waals surface area contributed by atoms with Crippen molar-refractivity contribution in [2.75, 3.05) is 37.6 Å². The molecule has 2 N–H and O–H groups in total. The largest absolute Gasteiger partial charge is 0.387 e. The van der Waals surface area contributed by atoms with Crippen molar-refractivity contribution in [3.8, 4) is 0 Å². The molecule has 3 aromatic rings. The van der Waals surface area contributed by atoms with Crippen molar-refractivity contribution in [2.24, 2.45) is 10.7 Å². The Labute approximate surface area is 186 Å². The smallest absolute Gasteiger partial charge is 0.0982 e. The van der Waals surface area contributed by atoms with Crippen LogP contribution in [0.3, 0.4) is 0 Å². The third-order valence-corrected chi connectivity index (χ3v) is 6.03. The van der Waals surface area contributed by atoms with E-state index in [1.807, 2.05) is 0 Å². The average molecular weight is 413 g/mol. The van der Waals surface area contributed by atoms with Crippen LogP contribution in [0.4, 0.5) is 5.69 Å². The minimum atomic E-state index is 0.246. The van der Waals surface area contributed by atoms with E-state index >= 15 is 0 Å². The summed E-state index contributed by atoms with van der Waals surface area (Å²) in [6.45, 7) is 6.87. The normalized spacial score (nSPS) is 16.3. The van der Waals surface area contributed by atoms with Gasteiger partial charge in [0.15, 0.2) is 0 Å². The second kappa shape index (κ2) is 10.3. The zero-order chi connectivity index (χ0) is 21.5. The third-order valence-electron chi connectivity index (χ3n) is 6.03. The summed E-state index contributed by atoms with van der Waals surface area (Å²) in [5, 5.41) is 0. The fourth-order valence-electron chi connectivity index (χ4n) is 4.21. The summed E-state index contributed by atoms with van der Waals surface area (Å²) in [6.07, 6.45) is 0.698. The summed E-state index contributed by atoms with van der Waals surface area (Å²) in [7, 11) is 0. The highest BCUT2D eigenvalue weighted by Crippen LogP contribution is 2.24. The van der Waals surface area contributed by atoms with Crippen LogP contribution in [0.5, 0.6) is 0 Å². The Kier molecular flexibility index (Phi) is 7.00. The van der Waals surface area contributed by atoms with Gasteiger partial charge >= 0.3 is 0 Å². The highest BCUT2D eigenvalue weighted by molar-refractivity contribution is 5.82. The number of benzene rings is 3. The fraction of sp³-hybridized carbons (Fsp3) is 0.296. The molecule has 4 nitrogen and oxygen atoms in total. The van der Waals surface area contributed by atoms with Gasteiger partial charge in [-0.05, 0) is 30.2 Å². The molecule has 1 aliphatic heterocycles. The standard InChI is InChI=1S/C27H32N4/c1-22-12-14-23(15-13-22)20-27(28)29-21-26(24-8-4-2-5-9-24)31-18-16-30(17-19-31)25-10-6-3-7-11-25/h2-15,26H,16-21H2,1H3,(H2,28,29). The van der Waals surface area contributed by atoms with Crippen LogP contribution in [0.2, 0.25) is 0 Å². The summed E-state index contributed by atoms with van der Waals surface area (Å²) in [5.41, 5.74) is 11.4. The van der Waals surface area contributed by atoms with Crippen molar-refractivity contribution in [3.05, 3.63) is 102 Å². The van der Waals surface area contributed by atoms with E-state index in [9.17, 15) is 0 Å². The second-order valence-corrected chi connectivity index (χ2v) is 8.28. The number of hydrogen-bond acceptors (Lipinski definition) is 3. The van der Waals surface area contributed by atoms with Gasteiger partial charge in [0.25, 0.3) is 0 Å². The topological polar surface area (TPSA) is 44.9 Å². The number of nitrogens with two attached hydrogens (primary N) is 1. The van der Waals surface area contributed by atoms with E-state index < -0.39 is 0 Å². The Morgan fingerprint density at radius 3 is 2.10 bits per heavy atom. The first-order chi connectivity index (χ1) is 15.2. The highest BCUT2D eigenvalue weighted by Gasteiger charge is 2.25. The molecule has 1 fully saturated rings. The number of piperazine rings is 1. The van der Waals surface area contributed by atoms with Gasteiger partial charge in [-0.15, -0.1) is 0 Å². The molecule has 0 aliphatic carbocycles. The summed E-state index contributed by atoms with van der Waals surface area (Å²) in [4.78, 5) is 9.83. The van der Waals surface area contributed by atoms with Gasteiger partial charge in [-0.1, -0.05) is 78.4 Å². The van der Waals surface area contributed by atoms with Crippen LogP contribution < -0.4 is 10.6 Å². The lowest BCUT2D eigenvalue weighted by molar-refractivity contribution is 0.190. The number of amidine groups is 1. The quantitative estimate of drug-likeness (QED) is 0.460. The summed E-state index contributed by atoms with van der Waals surface area (Å²) < 4.78 is 0. The van der Waals surface area contributed by atoms with Gasteiger partial charge in [-0.3, -0.25) is 9.89 Å². The molecule has 0 saturated carbocycles. The summed E-state index contributed by atoms with van der Waals surface area (Å²) >= 11 is 0. The van der Waals surface area contributed by atoms with Crippen LogP contribution in [0.1, 0.15) is 22.7 Å². The Morgan fingerprint density at radius 1 is 0.839 bits per heavy atom. The van der Waals surface area contributed by atoms with Crippen molar-refractivity contribution >= 4 is 11.5 Å². The number of nitrogens with zero attached hydrogens (tertiary/aromatic N) is 3. The van der Waals surface area contributed by atoms with Gasteiger partial charge in [0, 0.05) is 38.3 Å². The average Bonchev–Trinajstić information content (AvgIpc) is 2.82. The molecule has 0 aromatic heterocycles. The highest BCUT2D eigenvalue weighted by atomic mass is 15.3. The molecule has 4 heteroatoms. The van der Waals surface area contributed by atoms with Gasteiger partial charge in [0.05, 0.1) is 18.4 Å². The fourth-order valence-corrected chi connectivity index (χ4v) is 4.21. The molecule has 1 saturated heterocycles. The predicted molar refractivity (Wildman–Crippen MR) is 131 cm³/mol. The molecule has 1 heterocycles. The van der Waals surface area contributed by atoms with Gasteiger partial charge < -0.3 is 10.6 Å². The first-order valence-corrected chi connectivity index (χ1v) is 11.1. The maximum atomic E-state index is 6.32. The summed E-state index contributed by atoms with van der Waals surface area (Å²) in [6, 6.07) is 30.2. The van der Waals surface area contributed by atoms with E-state index in [0.29, 0.717) is 18.8 Å². The zero-order valence-corrected chi connectivity index (χ0v) is 18.3. The molecule has 31 heavy (non-hydrogen) atoms. The molecular formula is C27H32N4. The molecule has 0 radical (unpaired) electrons. The van der Waals surface area contributed by atoms with Gasteiger partial charge in [-0.2, -0.15) is 0 Å². The Balaban J connectivity index is 1.43. The van der Waals surface area contributed by atoms with E-state index in [-0.39, 0.29) is 6.04 Å². The number of aryl methyl sites for hydroxylation is 1. The Morgan fingerprint density at radius 2 is 1.45 bits per heavy atom. The first-order valence-electron chi connectivity index (χ1n) is 11.1. The van der Waals surface area contributed by atoms with E-state index in [1.165, 1.54) is 22.4 Å². The lowest BCUT2D eigenvalue weighted by Crippen LogP contribution is -2.48. The third kappa shape index (κ3) is 5.74. The van der Waals surface area contributed by atoms with E-state index in [4.69, 9.17) is 10.7 Å². The molecule has 3 aromatic carbocycles. The maximum Gasteiger partial charge on any atom is 0.0982 e. The van der Waals surface area contributed by atoms with Crippen LogP contribution in [0.15, 0.2) is 89.9 Å². The van der Waals surface area contributed by atoms with Crippen LogP contribution in [0.25, 0.3) is 0 Å². The van der Waals surface area contributed by atoms with Crippen LogP contribution in [-0.2, 0) is 6.42 Å². The summed E-state index contributed by atoms with van der Waals surface area (Å²) in [5.74, 6) is 0.702. The van der Waals surface area contributed by atoms with Crippen molar-refractivity contribution in [2.45, 2.75) is 19.4 Å². The lowest BCUT2D eigenvalue weighted by atomic mass is 10.0. The first kappa shape index (κ1) is 21.1. The second-order valence-electron chi connectivity index (χ2n) is 8.28. The molecule has 0 spiro atoms. The van der Waals surface area contributed by atoms with Crippen molar-refractivity contribution in [1.82, 2.24) is 4.90 Å².